The molecule has 776 valence electrons. The minimum Gasteiger partial charge on any atom is -0.394 e. The van der Waals surface area contributed by atoms with Crippen LogP contribution in [0.25, 0.3) is 44.7 Å². The highest BCUT2D eigenvalue weighted by atomic mass is 32.2. The Balaban J connectivity index is 0.000000157. The van der Waals surface area contributed by atoms with Crippen LogP contribution in [0.15, 0.2) is 93.4 Å². The number of benzene rings is 4. The molecule has 0 aliphatic heterocycles. The third-order valence-electron chi connectivity index (χ3n) is 23.4. The quantitative estimate of drug-likeness (QED) is 0.00969. The number of aryl methyl sites for hydroxylation is 4. The molecule has 0 saturated heterocycles. The van der Waals surface area contributed by atoms with Gasteiger partial charge in [-0.1, -0.05) is 144 Å². The number of nitrogens with zero attached hydrogens (tertiary/aromatic N) is 20. The monoisotopic (exact) mass is 2110 g/mol. The predicted molar refractivity (Wildman–Crippen MR) is 530 cm³/mol. The highest BCUT2D eigenvalue weighted by Crippen LogP contribution is 2.50. The summed E-state index contributed by atoms with van der Waals surface area (Å²) < 4.78 is 361. The minimum atomic E-state index is -4.02. The summed E-state index contributed by atoms with van der Waals surface area (Å²) in [4.78, 5) is 34.9. The van der Waals surface area contributed by atoms with Crippen LogP contribution in [0.5, 0.6) is 0 Å². The van der Waals surface area contributed by atoms with Crippen LogP contribution in [0.4, 0.5) is 40.8 Å². The van der Waals surface area contributed by atoms with E-state index in [9.17, 15) is 78.8 Å². The summed E-state index contributed by atoms with van der Waals surface area (Å²) in [6.45, 7) is -4.33. The van der Waals surface area contributed by atoms with Crippen molar-refractivity contribution in [2.75, 3.05) is 96.9 Å². The predicted octanol–water partition coefficient (Wildman–Crippen LogP) is 8.73. The number of ether oxygens (including phenoxy) is 4. The number of hydrogen-bond acceptors (Lipinski definition) is 40. The Morgan fingerprint density at radius 1 is 0.403 bits per heavy atom. The van der Waals surface area contributed by atoms with Crippen molar-refractivity contribution in [3.8, 4) is 0 Å². The number of aliphatic hydroxyl groups excluding tert-OH is 4. The fraction of sp³-hybridized carbons (Fsp3) is 0.583. The second-order valence-corrected chi connectivity index (χ2v) is 37.5. The number of anilines is 4. The number of rotatable bonds is 40. The fourth-order valence-corrected chi connectivity index (χ4v) is 18.1. The smallest absolute Gasteiger partial charge is 0.191 e. The molecule has 0 bridgehead atoms. The van der Waals surface area contributed by atoms with Crippen molar-refractivity contribution in [1.82, 2.24) is 99.8 Å². The van der Waals surface area contributed by atoms with Gasteiger partial charge in [-0.2, -0.15) is 0 Å². The van der Waals surface area contributed by atoms with Crippen LogP contribution >= 0.6 is 47.0 Å². The van der Waals surface area contributed by atoms with Crippen molar-refractivity contribution >= 4 is 115 Å². The van der Waals surface area contributed by atoms with Gasteiger partial charge >= 0.3 is 0 Å². The molecule has 0 spiro atoms. The Morgan fingerprint density at radius 3 is 1.13 bits per heavy atom. The maximum atomic E-state index is 14.5. The Bertz CT molecular complexity index is 8330. The Morgan fingerprint density at radius 2 is 0.764 bits per heavy atom. The summed E-state index contributed by atoms with van der Waals surface area (Å²) in [5.41, 5.74) is -0.722. The first-order valence-electron chi connectivity index (χ1n) is 62.1. The van der Waals surface area contributed by atoms with Gasteiger partial charge in [-0.15, -0.1) is 20.4 Å². The molecule has 8 heterocycles. The molecule has 0 unspecified atom stereocenters. The maximum absolute atomic E-state index is 14.5. The van der Waals surface area contributed by atoms with Gasteiger partial charge < -0.3 is 101 Å². The number of halogens is 4. The molecule has 48 heteroatoms. The minimum absolute atomic E-state index is 0.0392. The van der Waals surface area contributed by atoms with Crippen molar-refractivity contribution in [3.05, 3.63) is 141 Å². The highest BCUT2D eigenvalue weighted by Gasteiger charge is 2.51. The Labute approximate surface area is 891 Å². The van der Waals surface area contributed by atoms with Crippen LogP contribution in [-0.2, 0) is 18.9 Å². The third-order valence-corrected chi connectivity index (χ3v) is 27.2. The average molecular weight is 2110 g/mol. The summed E-state index contributed by atoms with van der Waals surface area (Å²) >= 11 is 3.85. The molecule has 16 N–H and O–H groups in total. The first-order valence-corrected chi connectivity index (χ1v) is 48.9. The topological polar surface area (TPSA) is 554 Å². The summed E-state index contributed by atoms with van der Waals surface area (Å²) in [6, 6.07) is 3.46. The van der Waals surface area contributed by atoms with E-state index in [-0.39, 0.29) is 148 Å². The Kier molecular flexibility index (Phi) is 23.1. The van der Waals surface area contributed by atoms with E-state index in [1.807, 2.05) is 39.0 Å². The van der Waals surface area contributed by atoms with E-state index in [2.05, 4.69) is 102 Å². The number of aliphatic hydroxyl groups is 12. The van der Waals surface area contributed by atoms with Crippen LogP contribution in [0.3, 0.4) is 0 Å². The summed E-state index contributed by atoms with van der Waals surface area (Å²) in [7, 11) is 0. The summed E-state index contributed by atoms with van der Waals surface area (Å²) in [6.07, 6.45) is -52.0. The number of nitrogens with one attached hydrogen (secondary N) is 4. The first-order chi connectivity index (χ1) is 81.8. The van der Waals surface area contributed by atoms with Crippen molar-refractivity contribution in [2.24, 2.45) is 0 Å². The molecule has 20 rings (SSSR count). The number of aromatic nitrogens is 20. The average Bonchev–Trinajstić information content (AvgIpc) is 1.46. The first kappa shape index (κ1) is 70.4. The summed E-state index contributed by atoms with van der Waals surface area (Å²) in [5.74, 6) is -2.72. The van der Waals surface area contributed by atoms with E-state index in [1.165, 1.54) is 72.5 Å². The Hall–Kier alpha value is -9.52. The number of hydrogen-bond donors (Lipinski definition) is 16. The SMILES string of the molecule is [2H]C([2H])(C)C([2H])([2H])Sc1nc(N[C@]2([2H])C([2H])([2H])[C@@]2([2H])c2ccc(C)c(F)c2)c2nnn([C@@H]3C[C@H](OC([2H])([2H])C([2H])([2H])O)[C@@H](O)[C@H]3O)c2n1.[2H]C([2H])(CO)O[C@@]1([2H])C([2H])([2H])[C@@]([2H])(n2nnc3c(N[C@@H]4C[C@H]4c4ccc(C)c(F)c4)nc(SCCC)nc32)[C@]([2H])(O)[C@]1([2H])O.[2H]C([2H])(O)CO[C@@]1([2H])C([2H])([2H])[C@@]([2H])(n2nnc3c(N[C@@H]4C[C@H]4c4ccc(C)c(F)c4)nc(SCCC)nc32)[C@]([2H])(O)[C@]1([2H])O.[2H]C1([2H])[C@]([2H])(OCCO)[C@@]([2H])(O)[C@@]([2H])(O)[C@]1([2H])n1nnc2c(N[C@@H]3C[C@H]3c3ccc(C)c(F)c3)nc(SCCC)nc21. The van der Waals surface area contributed by atoms with E-state index in [4.69, 9.17) is 65.6 Å². The van der Waals surface area contributed by atoms with Gasteiger partial charge in [-0.25, -0.2) is 76.2 Å². The third kappa shape index (κ3) is 23.8. The fourth-order valence-electron chi connectivity index (χ4n) is 15.5. The van der Waals surface area contributed by atoms with Crippen LogP contribution in [-0.4, -0.2) is 334 Å². The second-order valence-electron chi connectivity index (χ2n) is 33.5. The van der Waals surface area contributed by atoms with Crippen molar-refractivity contribution in [2.45, 2.75) is 298 Å². The zero-order valence-electron chi connectivity index (χ0n) is 112. The molecule has 144 heavy (non-hydrogen) atoms. The van der Waals surface area contributed by atoms with Gasteiger partial charge in [0.25, 0.3) is 0 Å². The van der Waals surface area contributed by atoms with E-state index >= 15 is 0 Å². The van der Waals surface area contributed by atoms with Crippen molar-refractivity contribution in [3.63, 3.8) is 0 Å². The zero-order chi connectivity index (χ0) is 132. The molecule has 8 aliphatic carbocycles. The number of fused-ring (bicyclic) bond motifs is 4. The maximum Gasteiger partial charge on any atom is 0.191 e. The standard InChI is InChI=1S/4C24H31FN6O4S/c4*1-3-8-36-24-27-22(26-16-10-14(16)13-5-4-12(2)15(25)9-13)19-23(28-24)31(30-29-19)17-11-18(35-7-6-32)21(34)20(17)33/h4*4-5,9,14,16-18,20-21,32-34H,3,6-8,10-11H2,1-2H3,(H,26,27,28)/t4*14-,16+,17+,18-,20-,21+/m0000/s1/i3D2,6D2,7D2,8D2,10D2,14D,16D;7D2,11D2,17D,18D,20D,21D;6D2,11D2,17D,18D,20D,21D;11D2,17D,18D,20D,21D. The van der Waals surface area contributed by atoms with E-state index in [0.29, 0.717) is 73.7 Å². The lowest BCUT2D eigenvalue weighted by Gasteiger charge is -2.17. The lowest BCUT2D eigenvalue weighted by molar-refractivity contribution is -0.0629. The van der Waals surface area contributed by atoms with Crippen molar-refractivity contribution < 1.29 is 144 Å². The van der Waals surface area contributed by atoms with Crippen LogP contribution in [0.2, 0.25) is 0 Å². The molecule has 24 atom stereocenters. The van der Waals surface area contributed by atoms with E-state index < -0.39 is 228 Å². The van der Waals surface area contributed by atoms with Gasteiger partial charge in [0.2, 0.25) is 0 Å². The molecule has 0 amide bonds. The van der Waals surface area contributed by atoms with Crippen molar-refractivity contribution in [1.29, 1.82) is 0 Å². The van der Waals surface area contributed by atoms with Gasteiger partial charge in [0.1, 0.15) is 72.0 Å². The molecule has 4 aromatic carbocycles. The molecule has 0 radical (unpaired) electrons. The molecule has 8 aromatic heterocycles. The molecule has 40 nitrogen and oxygen atoms in total. The van der Waals surface area contributed by atoms with Crippen LogP contribution in [0, 0.1) is 51.0 Å². The van der Waals surface area contributed by atoms with Gasteiger partial charge in [-0.05, 0) is 148 Å². The van der Waals surface area contributed by atoms with Crippen LogP contribution < -0.4 is 21.3 Å². The van der Waals surface area contributed by atoms with E-state index in [1.54, 1.807) is 39.0 Å². The van der Waals surface area contributed by atoms with Crippen LogP contribution in [0.1, 0.15) is 243 Å². The molecule has 8 fully saturated rings. The zero-order valence-corrected chi connectivity index (χ0v) is 81.0. The van der Waals surface area contributed by atoms with E-state index in [0.717, 1.165) is 47.2 Å². The molecule has 12 aromatic rings. The van der Waals surface area contributed by atoms with Gasteiger partial charge in [0, 0.05) is 114 Å². The molecule has 8 aliphatic rings. The summed E-state index contributed by atoms with van der Waals surface area (Å²) in [5, 5.41) is 169. The molecule has 8 saturated carbocycles. The second kappa shape index (κ2) is 47.3. The highest BCUT2D eigenvalue weighted by molar-refractivity contribution is 7.99. The molecular weight excluding hydrogens is 1950 g/mol. The molecular formula is C96H124F4N24O16S4. The van der Waals surface area contributed by atoms with Gasteiger partial charge in [-0.3, -0.25) is 0 Å². The lowest BCUT2D eigenvalue weighted by Crippen LogP contribution is -2.33. The largest absolute Gasteiger partial charge is 0.394 e. The van der Waals surface area contributed by atoms with Gasteiger partial charge in [0.15, 0.2) is 88.6 Å². The lowest BCUT2D eigenvalue weighted by atomic mass is 10.1. The normalized spacial score (nSPS) is 40.2. The number of thioether (sulfide) groups is 4. The van der Waals surface area contributed by atoms with Gasteiger partial charge in [0.05, 0.1) is 130 Å².